The number of hydrogen-bond acceptors (Lipinski definition) is 5. The number of carbonyl (C=O) groups is 1. The maximum absolute atomic E-state index is 11.2. The van der Waals surface area contributed by atoms with Crippen molar-refractivity contribution in [2.24, 2.45) is 0 Å². The predicted octanol–water partition coefficient (Wildman–Crippen LogP) is -0.326. The van der Waals surface area contributed by atoms with Crippen LogP contribution in [0.2, 0.25) is 0 Å². The molecule has 0 aliphatic carbocycles. The van der Waals surface area contributed by atoms with Crippen LogP contribution in [0.3, 0.4) is 0 Å². The summed E-state index contributed by atoms with van der Waals surface area (Å²) in [5.74, 6) is -0.362. The van der Waals surface area contributed by atoms with E-state index in [9.17, 15) is 4.79 Å². The van der Waals surface area contributed by atoms with Gasteiger partial charge in [0.05, 0.1) is 13.2 Å². The molecule has 14 heavy (non-hydrogen) atoms. The number of carbonyl (C=O) groups excluding carboxylic acids is 1. The molecule has 1 N–H and O–H groups in total. The first-order valence-electron chi connectivity index (χ1n) is 4.49. The first kappa shape index (κ1) is 10.6. The standard InChI is InChI=1S/C8H14N4O2/c1-3-14-8(13)7-10-6-12(11-7)5-4-9-2/h6,9H,3-5H2,1-2H3. The summed E-state index contributed by atoms with van der Waals surface area (Å²) >= 11 is 0. The number of aromatic nitrogens is 3. The minimum Gasteiger partial charge on any atom is -0.460 e. The molecular formula is C8H14N4O2. The lowest BCUT2D eigenvalue weighted by Gasteiger charge is -1.98. The minimum absolute atomic E-state index is 0.114. The predicted molar refractivity (Wildman–Crippen MR) is 49.9 cm³/mol. The highest BCUT2D eigenvalue weighted by Gasteiger charge is 2.11. The van der Waals surface area contributed by atoms with Crippen LogP contribution in [0.4, 0.5) is 0 Å². The average Bonchev–Trinajstić information content (AvgIpc) is 2.63. The lowest BCUT2D eigenvalue weighted by atomic mass is 10.6. The molecule has 0 bridgehead atoms. The van der Waals surface area contributed by atoms with Crippen LogP contribution >= 0.6 is 0 Å². The molecule has 78 valence electrons. The zero-order valence-electron chi connectivity index (χ0n) is 8.36. The molecule has 1 aromatic rings. The monoisotopic (exact) mass is 198 g/mol. The molecule has 0 aliphatic rings. The number of rotatable bonds is 5. The fraction of sp³-hybridized carbons (Fsp3) is 0.625. The second-order valence-electron chi connectivity index (χ2n) is 2.66. The molecule has 1 heterocycles. The van der Waals surface area contributed by atoms with Crippen LogP contribution < -0.4 is 5.32 Å². The van der Waals surface area contributed by atoms with Crippen molar-refractivity contribution in [3.63, 3.8) is 0 Å². The molecular weight excluding hydrogens is 184 g/mol. The molecule has 6 heteroatoms. The maximum Gasteiger partial charge on any atom is 0.378 e. The van der Waals surface area contributed by atoms with Crippen LogP contribution in [0.5, 0.6) is 0 Å². The zero-order chi connectivity index (χ0) is 10.4. The Hall–Kier alpha value is -1.43. The molecule has 1 aromatic heterocycles. The fourth-order valence-corrected chi connectivity index (χ4v) is 0.918. The molecule has 0 saturated carbocycles. The van der Waals surface area contributed by atoms with Gasteiger partial charge in [0.2, 0.25) is 0 Å². The Morgan fingerprint density at radius 3 is 3.14 bits per heavy atom. The van der Waals surface area contributed by atoms with Crippen LogP contribution in [0, 0.1) is 0 Å². The van der Waals surface area contributed by atoms with Crippen LogP contribution in [-0.4, -0.2) is 40.9 Å². The van der Waals surface area contributed by atoms with E-state index in [4.69, 9.17) is 4.74 Å². The van der Waals surface area contributed by atoms with Crippen molar-refractivity contribution in [1.29, 1.82) is 0 Å². The second kappa shape index (κ2) is 5.33. The Labute approximate surface area is 82.3 Å². The highest BCUT2D eigenvalue weighted by Crippen LogP contribution is 1.93. The molecule has 1 rings (SSSR count). The van der Waals surface area contributed by atoms with Crippen molar-refractivity contribution in [3.05, 3.63) is 12.2 Å². The number of hydrogen-bond donors (Lipinski definition) is 1. The molecule has 0 unspecified atom stereocenters. The van der Waals surface area contributed by atoms with Gasteiger partial charge in [-0.15, -0.1) is 5.10 Å². The largest absolute Gasteiger partial charge is 0.460 e. The van der Waals surface area contributed by atoms with Crippen molar-refractivity contribution < 1.29 is 9.53 Å². The Balaban J connectivity index is 2.54. The van der Waals surface area contributed by atoms with E-state index >= 15 is 0 Å². The molecule has 0 aliphatic heterocycles. The van der Waals surface area contributed by atoms with E-state index in [-0.39, 0.29) is 5.82 Å². The molecule has 0 spiro atoms. The summed E-state index contributed by atoms with van der Waals surface area (Å²) in [6.07, 6.45) is 1.52. The summed E-state index contributed by atoms with van der Waals surface area (Å²) in [6.45, 7) is 3.55. The quantitative estimate of drug-likeness (QED) is 0.656. The first-order valence-corrected chi connectivity index (χ1v) is 4.49. The third-order valence-electron chi connectivity index (χ3n) is 1.59. The van der Waals surface area contributed by atoms with E-state index in [0.29, 0.717) is 13.2 Å². The number of nitrogens with one attached hydrogen (secondary N) is 1. The van der Waals surface area contributed by atoms with Gasteiger partial charge in [-0.1, -0.05) is 0 Å². The van der Waals surface area contributed by atoms with E-state index in [1.807, 2.05) is 7.05 Å². The summed E-state index contributed by atoms with van der Waals surface area (Å²) in [7, 11) is 1.85. The summed E-state index contributed by atoms with van der Waals surface area (Å²) in [5.41, 5.74) is 0. The first-order chi connectivity index (χ1) is 6.77. The third-order valence-corrected chi connectivity index (χ3v) is 1.59. The van der Waals surface area contributed by atoms with Crippen LogP contribution in [0.1, 0.15) is 17.5 Å². The molecule has 0 fully saturated rings. The van der Waals surface area contributed by atoms with Gasteiger partial charge in [-0.25, -0.2) is 9.78 Å². The van der Waals surface area contributed by atoms with Gasteiger partial charge in [0, 0.05) is 6.54 Å². The lowest BCUT2D eigenvalue weighted by Crippen LogP contribution is -2.16. The Morgan fingerprint density at radius 2 is 2.50 bits per heavy atom. The van der Waals surface area contributed by atoms with Crippen molar-refractivity contribution in [2.75, 3.05) is 20.2 Å². The molecule has 0 amide bonds. The maximum atomic E-state index is 11.2. The van der Waals surface area contributed by atoms with Crippen LogP contribution in [-0.2, 0) is 11.3 Å². The van der Waals surface area contributed by atoms with E-state index in [1.165, 1.54) is 6.33 Å². The molecule has 0 aromatic carbocycles. The van der Waals surface area contributed by atoms with Crippen molar-refractivity contribution in [2.45, 2.75) is 13.5 Å². The molecule has 0 saturated heterocycles. The number of esters is 1. The smallest absolute Gasteiger partial charge is 0.378 e. The van der Waals surface area contributed by atoms with E-state index in [2.05, 4.69) is 15.4 Å². The molecule has 0 atom stereocenters. The number of ether oxygens (including phenoxy) is 1. The highest BCUT2D eigenvalue weighted by atomic mass is 16.5. The minimum atomic E-state index is -0.476. The fourth-order valence-electron chi connectivity index (χ4n) is 0.918. The van der Waals surface area contributed by atoms with Crippen molar-refractivity contribution >= 4 is 5.97 Å². The van der Waals surface area contributed by atoms with E-state index in [0.717, 1.165) is 6.54 Å². The summed E-state index contributed by atoms with van der Waals surface area (Å²) in [6, 6.07) is 0. The van der Waals surface area contributed by atoms with Crippen molar-refractivity contribution in [3.8, 4) is 0 Å². The Morgan fingerprint density at radius 1 is 1.71 bits per heavy atom. The highest BCUT2D eigenvalue weighted by molar-refractivity contribution is 5.84. The van der Waals surface area contributed by atoms with Gasteiger partial charge in [-0.2, -0.15) is 0 Å². The Bertz CT molecular complexity index is 297. The van der Waals surface area contributed by atoms with Gasteiger partial charge in [-0.3, -0.25) is 4.68 Å². The third kappa shape index (κ3) is 2.81. The second-order valence-corrected chi connectivity index (χ2v) is 2.66. The van der Waals surface area contributed by atoms with Gasteiger partial charge in [0.1, 0.15) is 6.33 Å². The van der Waals surface area contributed by atoms with Crippen LogP contribution in [0.15, 0.2) is 6.33 Å². The molecule has 0 radical (unpaired) electrons. The topological polar surface area (TPSA) is 69.0 Å². The van der Waals surface area contributed by atoms with E-state index in [1.54, 1.807) is 11.6 Å². The summed E-state index contributed by atoms with van der Waals surface area (Å²) in [5, 5.41) is 6.93. The van der Waals surface area contributed by atoms with Gasteiger partial charge < -0.3 is 10.1 Å². The van der Waals surface area contributed by atoms with Gasteiger partial charge in [0.25, 0.3) is 5.82 Å². The lowest BCUT2D eigenvalue weighted by molar-refractivity contribution is 0.0511. The Kier molecular flexibility index (Phi) is 4.06. The normalized spacial score (nSPS) is 10.1. The average molecular weight is 198 g/mol. The SMILES string of the molecule is CCOC(=O)c1ncn(CCNC)n1. The van der Waals surface area contributed by atoms with Crippen LogP contribution in [0.25, 0.3) is 0 Å². The van der Waals surface area contributed by atoms with Gasteiger partial charge in [0.15, 0.2) is 0 Å². The molecule has 6 nitrogen and oxygen atoms in total. The van der Waals surface area contributed by atoms with Gasteiger partial charge in [-0.05, 0) is 14.0 Å². The number of likely N-dealkylation sites (N-methyl/N-ethyl adjacent to an activating group) is 1. The zero-order valence-corrected chi connectivity index (χ0v) is 8.36. The summed E-state index contributed by atoms with van der Waals surface area (Å²) in [4.78, 5) is 15.0. The summed E-state index contributed by atoms with van der Waals surface area (Å²) < 4.78 is 6.35. The van der Waals surface area contributed by atoms with Crippen molar-refractivity contribution in [1.82, 2.24) is 20.1 Å². The van der Waals surface area contributed by atoms with E-state index < -0.39 is 5.97 Å². The number of nitrogens with zero attached hydrogens (tertiary/aromatic N) is 3. The van der Waals surface area contributed by atoms with Gasteiger partial charge >= 0.3 is 5.97 Å².